The monoisotopic (exact) mass is 375 g/mol. The largest absolute Gasteiger partial charge is 0.459 e. The Morgan fingerprint density at radius 1 is 1.33 bits per heavy atom. The number of aromatic nitrogens is 2. The van der Waals surface area contributed by atoms with Gasteiger partial charge in [0.25, 0.3) is 5.56 Å². The summed E-state index contributed by atoms with van der Waals surface area (Å²) < 4.78 is 26.1. The van der Waals surface area contributed by atoms with E-state index in [1.165, 1.54) is 0 Å². The predicted molar refractivity (Wildman–Crippen MR) is 89.8 cm³/mol. The van der Waals surface area contributed by atoms with Crippen LogP contribution in [0.3, 0.4) is 0 Å². The van der Waals surface area contributed by atoms with Crippen molar-refractivity contribution < 1.29 is 18.7 Å². The summed E-state index contributed by atoms with van der Waals surface area (Å²) in [6, 6.07) is 7.84. The molecular weight excluding hydrogens is 361 g/mol. The van der Waals surface area contributed by atoms with Crippen LogP contribution in [0, 0.1) is 0 Å². The number of ether oxygens (including phenoxy) is 2. The quantitative estimate of drug-likeness (QED) is 0.363. The fourth-order valence-corrected chi connectivity index (χ4v) is 2.71. The zero-order valence-corrected chi connectivity index (χ0v) is 13.8. The number of alkyl halides is 1. The molecule has 1 N–H and O–H groups in total. The Balaban J connectivity index is 1.78. The number of H-pyrrole nitrogens is 1. The number of esters is 1. The van der Waals surface area contributed by atoms with Crippen molar-refractivity contribution in [3.8, 4) is 0 Å². The number of azide groups is 1. The van der Waals surface area contributed by atoms with Crippen molar-refractivity contribution in [2.24, 2.45) is 5.11 Å². The molecule has 0 aliphatic carbocycles. The van der Waals surface area contributed by atoms with E-state index in [2.05, 4.69) is 10.0 Å². The summed E-state index contributed by atoms with van der Waals surface area (Å²) in [4.78, 5) is 39.6. The second kappa shape index (κ2) is 7.85. The Hall–Kier alpha value is -3.43. The van der Waals surface area contributed by atoms with Crippen LogP contribution in [-0.4, -0.2) is 40.4 Å². The van der Waals surface area contributed by atoms with E-state index in [4.69, 9.17) is 15.0 Å². The summed E-state index contributed by atoms with van der Waals surface area (Å²) in [6.07, 6.45) is -3.35. The fraction of sp³-hybridized carbons (Fsp3) is 0.312. The average Bonchev–Trinajstić information content (AvgIpc) is 2.97. The van der Waals surface area contributed by atoms with Gasteiger partial charge in [0.05, 0.1) is 5.56 Å². The minimum atomic E-state index is -1.88. The molecule has 10 nitrogen and oxygen atoms in total. The third-order valence-corrected chi connectivity index (χ3v) is 3.99. The third kappa shape index (κ3) is 3.89. The molecule has 1 aliphatic rings. The Morgan fingerprint density at radius 3 is 2.74 bits per heavy atom. The summed E-state index contributed by atoms with van der Waals surface area (Å²) in [5.41, 5.74) is 7.44. The van der Waals surface area contributed by atoms with Gasteiger partial charge in [-0.05, 0) is 17.7 Å². The zero-order valence-electron chi connectivity index (χ0n) is 13.8. The Morgan fingerprint density at radius 2 is 2.07 bits per heavy atom. The molecule has 0 amide bonds. The zero-order chi connectivity index (χ0) is 19.4. The van der Waals surface area contributed by atoms with Crippen LogP contribution < -0.4 is 11.2 Å². The molecule has 0 bridgehead atoms. The molecule has 4 atom stereocenters. The maximum atomic E-state index is 14.7. The van der Waals surface area contributed by atoms with E-state index < -0.39 is 41.8 Å². The van der Waals surface area contributed by atoms with E-state index in [1.807, 2.05) is 4.98 Å². The lowest BCUT2D eigenvalue weighted by Gasteiger charge is -2.16. The van der Waals surface area contributed by atoms with Gasteiger partial charge in [-0.2, -0.15) is 0 Å². The molecule has 0 radical (unpaired) electrons. The van der Waals surface area contributed by atoms with Crippen molar-refractivity contribution in [2.45, 2.75) is 24.5 Å². The first kappa shape index (κ1) is 18.4. The van der Waals surface area contributed by atoms with Gasteiger partial charge in [0.15, 0.2) is 12.4 Å². The van der Waals surface area contributed by atoms with Gasteiger partial charge in [0.1, 0.15) is 18.8 Å². The summed E-state index contributed by atoms with van der Waals surface area (Å²) in [6.45, 7) is -0.383. The average molecular weight is 375 g/mol. The molecule has 1 aromatic heterocycles. The van der Waals surface area contributed by atoms with Gasteiger partial charge in [-0.25, -0.2) is 14.0 Å². The molecule has 1 aromatic carbocycles. The van der Waals surface area contributed by atoms with E-state index in [0.29, 0.717) is 5.56 Å². The van der Waals surface area contributed by atoms with Crippen LogP contribution in [0.1, 0.15) is 16.6 Å². The SMILES string of the molecule is [N-]=[N+]=N[C@H]1[C@@H](F)[C@H](n2ccc(=O)[nH]c2=O)O[C@@H]1COC(=O)c1ccccc1. The van der Waals surface area contributed by atoms with E-state index in [0.717, 1.165) is 16.8 Å². The van der Waals surface area contributed by atoms with Crippen molar-refractivity contribution >= 4 is 5.97 Å². The number of carbonyl (C=O) groups excluding carboxylic acids is 1. The van der Waals surface area contributed by atoms with Crippen molar-refractivity contribution in [2.75, 3.05) is 6.61 Å². The second-order valence-electron chi connectivity index (χ2n) is 5.69. The lowest BCUT2D eigenvalue weighted by atomic mass is 10.1. The molecule has 1 saturated heterocycles. The smallest absolute Gasteiger partial charge is 0.338 e. The van der Waals surface area contributed by atoms with Crippen LogP contribution in [-0.2, 0) is 9.47 Å². The highest BCUT2D eigenvalue weighted by atomic mass is 19.1. The van der Waals surface area contributed by atoms with E-state index in [1.54, 1.807) is 30.3 Å². The number of nitrogens with zero attached hydrogens (tertiary/aromatic N) is 4. The van der Waals surface area contributed by atoms with Gasteiger partial charge in [-0.3, -0.25) is 14.3 Å². The number of hydrogen-bond donors (Lipinski definition) is 1. The Bertz CT molecular complexity index is 984. The highest BCUT2D eigenvalue weighted by molar-refractivity contribution is 5.89. The van der Waals surface area contributed by atoms with Crippen LogP contribution in [0.4, 0.5) is 4.39 Å². The van der Waals surface area contributed by atoms with Gasteiger partial charge in [-0.15, -0.1) is 0 Å². The van der Waals surface area contributed by atoms with Crippen LogP contribution in [0.25, 0.3) is 10.4 Å². The number of rotatable bonds is 5. The van der Waals surface area contributed by atoms with E-state index in [9.17, 15) is 18.8 Å². The Labute approximate surface area is 150 Å². The van der Waals surface area contributed by atoms with Crippen LogP contribution >= 0.6 is 0 Å². The predicted octanol–water partition coefficient (Wildman–Crippen LogP) is 1.31. The number of hydrogen-bond acceptors (Lipinski definition) is 6. The molecule has 27 heavy (non-hydrogen) atoms. The molecule has 1 aliphatic heterocycles. The summed E-state index contributed by atoms with van der Waals surface area (Å²) in [7, 11) is 0. The van der Waals surface area contributed by atoms with Gasteiger partial charge in [-0.1, -0.05) is 23.3 Å². The standard InChI is InChI=1S/C16H14FN5O5/c17-12-13(20-21-18)10(8-26-15(24)9-4-2-1-3-5-9)27-14(12)22-7-6-11(23)19-16(22)25/h1-7,10,12-14H,8H2,(H,19,23,25)/t10-,12-,13-,14-/m1/s1. The van der Waals surface area contributed by atoms with Gasteiger partial charge in [0.2, 0.25) is 0 Å². The van der Waals surface area contributed by atoms with Crippen molar-refractivity contribution in [1.82, 2.24) is 9.55 Å². The van der Waals surface area contributed by atoms with Gasteiger partial charge < -0.3 is 9.47 Å². The summed E-state index contributed by atoms with van der Waals surface area (Å²) >= 11 is 0. The number of carbonyl (C=O) groups is 1. The molecule has 11 heteroatoms. The van der Waals surface area contributed by atoms with Gasteiger partial charge >= 0.3 is 11.7 Å². The molecule has 2 aromatic rings. The van der Waals surface area contributed by atoms with Crippen LogP contribution in [0.2, 0.25) is 0 Å². The van der Waals surface area contributed by atoms with Crippen molar-refractivity contribution in [1.29, 1.82) is 0 Å². The first-order valence-electron chi connectivity index (χ1n) is 7.88. The molecule has 0 unspecified atom stereocenters. The molecular formula is C16H14FN5O5. The minimum Gasteiger partial charge on any atom is -0.459 e. The molecule has 3 rings (SSSR count). The number of aromatic amines is 1. The molecule has 140 valence electrons. The summed E-state index contributed by atoms with van der Waals surface area (Å²) in [5, 5.41) is 3.36. The Kier molecular flexibility index (Phi) is 5.34. The minimum absolute atomic E-state index is 0.293. The lowest BCUT2D eigenvalue weighted by Crippen LogP contribution is -2.35. The summed E-state index contributed by atoms with van der Waals surface area (Å²) in [5.74, 6) is -0.654. The maximum Gasteiger partial charge on any atom is 0.338 e. The van der Waals surface area contributed by atoms with Crippen LogP contribution in [0.5, 0.6) is 0 Å². The fourth-order valence-electron chi connectivity index (χ4n) is 2.71. The molecule has 0 saturated carbocycles. The molecule has 1 fully saturated rings. The van der Waals surface area contributed by atoms with E-state index in [-0.39, 0.29) is 6.61 Å². The number of benzene rings is 1. The maximum absolute atomic E-state index is 14.7. The highest BCUT2D eigenvalue weighted by Gasteiger charge is 2.46. The first-order chi connectivity index (χ1) is 13.0. The van der Waals surface area contributed by atoms with Crippen molar-refractivity contribution in [3.05, 3.63) is 79.4 Å². The van der Waals surface area contributed by atoms with Crippen molar-refractivity contribution in [3.63, 3.8) is 0 Å². The van der Waals surface area contributed by atoms with Crippen LogP contribution in [0.15, 0.2) is 57.3 Å². The first-order valence-corrected chi connectivity index (χ1v) is 7.88. The molecule has 2 heterocycles. The molecule has 0 spiro atoms. The van der Waals surface area contributed by atoms with Gasteiger partial charge in [0, 0.05) is 17.2 Å². The lowest BCUT2D eigenvalue weighted by molar-refractivity contribution is -0.0465. The topological polar surface area (TPSA) is 139 Å². The second-order valence-corrected chi connectivity index (χ2v) is 5.69. The number of halogens is 1. The highest BCUT2D eigenvalue weighted by Crippen LogP contribution is 2.33. The number of nitrogens with one attached hydrogen (secondary N) is 1. The van der Waals surface area contributed by atoms with E-state index >= 15 is 0 Å². The normalized spacial score (nSPS) is 24.2. The third-order valence-electron chi connectivity index (χ3n) is 3.99.